The van der Waals surface area contributed by atoms with Gasteiger partial charge in [-0.2, -0.15) is 0 Å². The Labute approximate surface area is 141 Å². The number of aliphatic imine (C=N–C) groups is 1. The first-order valence-electron chi connectivity index (χ1n) is 9.05. The summed E-state index contributed by atoms with van der Waals surface area (Å²) >= 11 is 0. The van der Waals surface area contributed by atoms with Crippen LogP contribution in [-0.2, 0) is 4.74 Å². The molecule has 0 spiro atoms. The lowest BCUT2D eigenvalue weighted by atomic mass is 9.84. The van der Waals surface area contributed by atoms with E-state index in [0.29, 0.717) is 19.2 Å². The number of guanidine groups is 1. The van der Waals surface area contributed by atoms with Crippen LogP contribution in [-0.4, -0.2) is 74.6 Å². The summed E-state index contributed by atoms with van der Waals surface area (Å²) < 4.78 is 5.54. The van der Waals surface area contributed by atoms with Gasteiger partial charge in [0.1, 0.15) is 0 Å². The zero-order valence-electron chi connectivity index (χ0n) is 15.4. The first-order chi connectivity index (χ1) is 11.1. The molecule has 0 bridgehead atoms. The molecule has 0 amide bonds. The summed E-state index contributed by atoms with van der Waals surface area (Å²) in [6, 6.07) is 0.468. The Morgan fingerprint density at radius 2 is 2.04 bits per heavy atom. The van der Waals surface area contributed by atoms with E-state index in [4.69, 9.17) is 9.73 Å². The van der Waals surface area contributed by atoms with Gasteiger partial charge in [0.25, 0.3) is 0 Å². The van der Waals surface area contributed by atoms with Gasteiger partial charge in [-0.1, -0.05) is 13.8 Å². The van der Waals surface area contributed by atoms with Gasteiger partial charge in [-0.05, 0) is 39.8 Å². The minimum Gasteiger partial charge on any atom is -0.396 e. The fourth-order valence-corrected chi connectivity index (χ4v) is 3.10. The van der Waals surface area contributed by atoms with Gasteiger partial charge in [-0.25, -0.2) is 0 Å². The van der Waals surface area contributed by atoms with Crippen LogP contribution in [0, 0.1) is 5.41 Å². The van der Waals surface area contributed by atoms with Gasteiger partial charge >= 0.3 is 0 Å². The van der Waals surface area contributed by atoms with Crippen LogP contribution in [0.25, 0.3) is 0 Å². The molecule has 0 radical (unpaired) electrons. The van der Waals surface area contributed by atoms with Crippen molar-refractivity contribution in [3.05, 3.63) is 0 Å². The van der Waals surface area contributed by atoms with Gasteiger partial charge in [-0.15, -0.1) is 0 Å². The molecule has 23 heavy (non-hydrogen) atoms. The van der Waals surface area contributed by atoms with Crippen LogP contribution in [0.1, 0.15) is 40.5 Å². The zero-order chi connectivity index (χ0) is 17.1. The highest BCUT2D eigenvalue weighted by Crippen LogP contribution is 2.32. The molecule has 0 aromatic heterocycles. The van der Waals surface area contributed by atoms with E-state index in [-0.39, 0.29) is 12.0 Å². The fourth-order valence-electron chi connectivity index (χ4n) is 3.10. The molecule has 1 rings (SSSR count). The number of hydrogen-bond donors (Lipinski definition) is 3. The SMILES string of the molecule is CCNC(=NCC1(CCO)CCOC1)NCC(C)N(CC)CC. The molecule has 0 aliphatic carbocycles. The van der Waals surface area contributed by atoms with Crippen molar-refractivity contribution in [2.24, 2.45) is 10.4 Å². The quantitative estimate of drug-likeness (QED) is 0.413. The molecular formula is C17H36N4O2. The van der Waals surface area contributed by atoms with Crippen molar-refractivity contribution in [2.75, 3.05) is 52.5 Å². The third-order valence-electron chi connectivity index (χ3n) is 4.74. The smallest absolute Gasteiger partial charge is 0.191 e. The first kappa shape index (κ1) is 20.2. The van der Waals surface area contributed by atoms with Crippen molar-refractivity contribution in [1.82, 2.24) is 15.5 Å². The van der Waals surface area contributed by atoms with Crippen molar-refractivity contribution in [3.63, 3.8) is 0 Å². The van der Waals surface area contributed by atoms with E-state index < -0.39 is 0 Å². The minimum atomic E-state index is 0.00158. The summed E-state index contributed by atoms with van der Waals surface area (Å²) in [4.78, 5) is 7.18. The summed E-state index contributed by atoms with van der Waals surface area (Å²) in [6.07, 6.45) is 1.73. The lowest BCUT2D eigenvalue weighted by Gasteiger charge is -2.28. The molecule has 0 aromatic carbocycles. The molecule has 6 nitrogen and oxygen atoms in total. The lowest BCUT2D eigenvalue weighted by Crippen LogP contribution is -2.46. The van der Waals surface area contributed by atoms with E-state index >= 15 is 0 Å². The number of aliphatic hydroxyl groups excluding tert-OH is 1. The topological polar surface area (TPSA) is 69.1 Å². The third kappa shape index (κ3) is 6.65. The molecule has 2 atom stereocenters. The number of nitrogens with zero attached hydrogens (tertiary/aromatic N) is 2. The molecule has 1 saturated heterocycles. The molecule has 3 N–H and O–H groups in total. The van der Waals surface area contributed by atoms with Gasteiger partial charge in [0.15, 0.2) is 5.96 Å². The van der Waals surface area contributed by atoms with Gasteiger partial charge in [0, 0.05) is 37.8 Å². The average molecular weight is 329 g/mol. The third-order valence-corrected chi connectivity index (χ3v) is 4.74. The van der Waals surface area contributed by atoms with E-state index in [9.17, 15) is 5.11 Å². The van der Waals surface area contributed by atoms with Crippen molar-refractivity contribution in [2.45, 2.75) is 46.6 Å². The zero-order valence-corrected chi connectivity index (χ0v) is 15.4. The Bertz CT molecular complexity index is 339. The van der Waals surface area contributed by atoms with E-state index in [1.54, 1.807) is 0 Å². The minimum absolute atomic E-state index is 0.00158. The molecule has 2 unspecified atom stereocenters. The van der Waals surface area contributed by atoms with Crippen molar-refractivity contribution < 1.29 is 9.84 Å². The Hall–Kier alpha value is -0.850. The lowest BCUT2D eigenvalue weighted by molar-refractivity contribution is 0.131. The maximum Gasteiger partial charge on any atom is 0.191 e. The number of rotatable bonds is 10. The maximum absolute atomic E-state index is 9.31. The van der Waals surface area contributed by atoms with Crippen LogP contribution < -0.4 is 10.6 Å². The van der Waals surface area contributed by atoms with E-state index in [0.717, 1.165) is 51.6 Å². The van der Waals surface area contributed by atoms with E-state index in [1.165, 1.54) is 0 Å². The molecule has 1 heterocycles. The number of ether oxygens (including phenoxy) is 1. The monoisotopic (exact) mass is 328 g/mol. The second-order valence-corrected chi connectivity index (χ2v) is 6.42. The second kappa shape index (κ2) is 10.8. The second-order valence-electron chi connectivity index (χ2n) is 6.42. The van der Waals surface area contributed by atoms with Gasteiger partial charge in [-0.3, -0.25) is 9.89 Å². The first-order valence-corrected chi connectivity index (χ1v) is 9.05. The van der Waals surface area contributed by atoms with Crippen LogP contribution in [0.15, 0.2) is 4.99 Å². The molecular weight excluding hydrogens is 292 g/mol. The Balaban J connectivity index is 2.58. The highest BCUT2D eigenvalue weighted by molar-refractivity contribution is 5.79. The number of nitrogens with one attached hydrogen (secondary N) is 2. The molecule has 0 saturated carbocycles. The van der Waals surface area contributed by atoms with Crippen molar-refractivity contribution in [1.29, 1.82) is 0 Å². The van der Waals surface area contributed by atoms with Gasteiger partial charge in [0.05, 0.1) is 13.2 Å². The fraction of sp³-hybridized carbons (Fsp3) is 0.941. The number of hydrogen-bond acceptors (Lipinski definition) is 4. The highest BCUT2D eigenvalue weighted by Gasteiger charge is 2.34. The Morgan fingerprint density at radius 1 is 1.30 bits per heavy atom. The molecule has 1 fully saturated rings. The summed E-state index contributed by atoms with van der Waals surface area (Å²) in [5.41, 5.74) is 0.00158. The normalized spacial score (nSPS) is 23.3. The molecule has 0 aromatic rings. The predicted octanol–water partition coefficient (Wildman–Crippen LogP) is 1.06. The van der Waals surface area contributed by atoms with Crippen LogP contribution >= 0.6 is 0 Å². The Morgan fingerprint density at radius 3 is 2.57 bits per heavy atom. The van der Waals surface area contributed by atoms with Crippen molar-refractivity contribution in [3.8, 4) is 0 Å². The number of likely N-dealkylation sites (N-methyl/N-ethyl adjacent to an activating group) is 1. The number of aliphatic hydroxyl groups is 1. The van der Waals surface area contributed by atoms with Crippen LogP contribution in [0.3, 0.4) is 0 Å². The van der Waals surface area contributed by atoms with Crippen LogP contribution in [0.2, 0.25) is 0 Å². The summed E-state index contributed by atoms with van der Waals surface area (Å²) in [5, 5.41) is 16.1. The predicted molar refractivity (Wildman–Crippen MR) is 95.9 cm³/mol. The molecule has 6 heteroatoms. The summed E-state index contributed by atoms with van der Waals surface area (Å²) in [7, 11) is 0. The van der Waals surface area contributed by atoms with Gasteiger partial charge in [0.2, 0.25) is 0 Å². The van der Waals surface area contributed by atoms with Crippen LogP contribution in [0.4, 0.5) is 0 Å². The average Bonchev–Trinajstić information content (AvgIpc) is 3.00. The molecule has 1 aliphatic rings. The summed E-state index contributed by atoms with van der Waals surface area (Å²) in [6.45, 7) is 14.9. The van der Waals surface area contributed by atoms with Gasteiger partial charge < -0.3 is 20.5 Å². The van der Waals surface area contributed by atoms with E-state index in [1.807, 2.05) is 0 Å². The Kier molecular flexibility index (Phi) is 9.52. The molecule has 136 valence electrons. The highest BCUT2D eigenvalue weighted by atomic mass is 16.5. The summed E-state index contributed by atoms with van der Waals surface area (Å²) in [5.74, 6) is 0.857. The largest absolute Gasteiger partial charge is 0.396 e. The van der Waals surface area contributed by atoms with E-state index in [2.05, 4.69) is 43.2 Å². The maximum atomic E-state index is 9.31. The standard InChI is InChI=1S/C17H36N4O2/c1-5-18-16(19-12-15(4)21(6-2)7-3)20-13-17(8-10-22)9-11-23-14-17/h15,22H,5-14H2,1-4H3,(H2,18,19,20). The van der Waals surface area contributed by atoms with Crippen LogP contribution in [0.5, 0.6) is 0 Å². The van der Waals surface area contributed by atoms with Crippen molar-refractivity contribution >= 4 is 5.96 Å². The molecule has 1 aliphatic heterocycles.